The maximum absolute atomic E-state index is 11.3. The molecule has 0 saturated heterocycles. The van der Waals surface area contributed by atoms with Crippen molar-refractivity contribution >= 4 is 22.9 Å². The summed E-state index contributed by atoms with van der Waals surface area (Å²) in [7, 11) is 0. The van der Waals surface area contributed by atoms with Crippen LogP contribution < -0.4 is 0 Å². The number of Topliss-reactive ketones (excluding diaryl/α,β-unsaturated/α-hetero) is 1. The van der Waals surface area contributed by atoms with Gasteiger partial charge in [0.05, 0.1) is 4.88 Å². The van der Waals surface area contributed by atoms with E-state index in [2.05, 4.69) is 0 Å². The number of thiophene rings is 1. The molecule has 1 heterocycles. The van der Waals surface area contributed by atoms with Crippen LogP contribution in [0.25, 0.3) is 5.76 Å². The van der Waals surface area contributed by atoms with Crippen LogP contribution in [-0.2, 0) is 0 Å². The summed E-state index contributed by atoms with van der Waals surface area (Å²) in [6.07, 6.45) is 0. The number of rotatable bonds is 0. The average Bonchev–Trinajstić information content (AvgIpc) is 2.53. The lowest BCUT2D eigenvalue weighted by atomic mass is 10.2. The van der Waals surface area contributed by atoms with Crippen molar-refractivity contribution in [2.24, 2.45) is 0 Å². The smallest absolute Gasteiger partial charge is 0.203 e. The molecular weight excluding hydrogens is 160 g/mol. The van der Waals surface area contributed by atoms with E-state index in [4.69, 9.17) is 0 Å². The third-order valence-electron chi connectivity index (χ3n) is 1.82. The maximum Gasteiger partial charge on any atom is 0.203 e. The lowest BCUT2D eigenvalue weighted by Gasteiger charge is -1.89. The van der Waals surface area contributed by atoms with E-state index < -0.39 is 0 Å². The van der Waals surface area contributed by atoms with Gasteiger partial charge in [-0.2, -0.15) is 0 Å². The molecule has 0 aliphatic heterocycles. The highest BCUT2D eigenvalue weighted by Gasteiger charge is 2.27. The van der Waals surface area contributed by atoms with E-state index in [1.165, 1.54) is 11.3 Å². The van der Waals surface area contributed by atoms with Crippen molar-refractivity contribution in [2.75, 3.05) is 0 Å². The average molecular weight is 166 g/mol. The molecule has 0 bridgehead atoms. The topological polar surface area (TPSA) is 37.3 Å². The zero-order valence-electron chi connectivity index (χ0n) is 5.92. The number of hydrogen-bond acceptors (Lipinski definition) is 3. The van der Waals surface area contributed by atoms with Gasteiger partial charge in [-0.05, 0) is 18.4 Å². The Kier molecular flexibility index (Phi) is 1.17. The molecule has 56 valence electrons. The SMILES string of the molecule is CC1=C(O)c2ccsc2C1=O. The second kappa shape index (κ2) is 1.95. The molecule has 0 spiro atoms. The van der Waals surface area contributed by atoms with Gasteiger partial charge in [-0.1, -0.05) is 0 Å². The molecule has 1 aromatic rings. The summed E-state index contributed by atoms with van der Waals surface area (Å²) in [6, 6.07) is 1.77. The number of aliphatic hydroxyl groups is 1. The molecule has 11 heavy (non-hydrogen) atoms. The van der Waals surface area contributed by atoms with Crippen LogP contribution in [0.5, 0.6) is 0 Å². The lowest BCUT2D eigenvalue weighted by Crippen LogP contribution is -1.91. The number of hydrogen-bond donors (Lipinski definition) is 1. The minimum atomic E-state index is -0.0347. The number of carbonyl (C=O) groups is 1. The van der Waals surface area contributed by atoms with E-state index in [1.807, 2.05) is 5.38 Å². The van der Waals surface area contributed by atoms with E-state index >= 15 is 0 Å². The molecule has 1 aliphatic carbocycles. The Labute approximate surface area is 67.8 Å². The van der Waals surface area contributed by atoms with Crippen LogP contribution in [0.15, 0.2) is 17.0 Å². The fourth-order valence-electron chi connectivity index (χ4n) is 1.15. The number of aliphatic hydroxyl groups excluding tert-OH is 1. The van der Waals surface area contributed by atoms with Gasteiger partial charge < -0.3 is 5.11 Å². The Hall–Kier alpha value is -1.09. The highest BCUT2D eigenvalue weighted by Crippen LogP contribution is 2.33. The van der Waals surface area contributed by atoms with Crippen molar-refractivity contribution in [2.45, 2.75) is 6.92 Å². The lowest BCUT2D eigenvalue weighted by molar-refractivity contribution is 0.104. The van der Waals surface area contributed by atoms with Gasteiger partial charge in [-0.25, -0.2) is 0 Å². The molecule has 0 atom stereocenters. The first-order valence-electron chi connectivity index (χ1n) is 3.24. The summed E-state index contributed by atoms with van der Waals surface area (Å²) in [4.78, 5) is 11.9. The monoisotopic (exact) mass is 166 g/mol. The van der Waals surface area contributed by atoms with Gasteiger partial charge in [-0.3, -0.25) is 4.79 Å². The summed E-state index contributed by atoms with van der Waals surface area (Å²) in [5, 5.41) is 11.2. The van der Waals surface area contributed by atoms with Crippen LogP contribution in [-0.4, -0.2) is 10.9 Å². The van der Waals surface area contributed by atoms with Crippen molar-refractivity contribution in [1.29, 1.82) is 0 Å². The molecule has 0 saturated carbocycles. The first kappa shape index (κ1) is 6.61. The Bertz CT molecular complexity index is 360. The van der Waals surface area contributed by atoms with E-state index in [1.54, 1.807) is 13.0 Å². The zero-order valence-corrected chi connectivity index (χ0v) is 6.73. The third kappa shape index (κ3) is 0.686. The second-order valence-electron chi connectivity index (χ2n) is 2.47. The van der Waals surface area contributed by atoms with E-state index in [-0.39, 0.29) is 11.5 Å². The molecule has 1 N–H and O–H groups in total. The molecule has 1 aromatic heterocycles. The number of fused-ring (bicyclic) bond motifs is 1. The van der Waals surface area contributed by atoms with Crippen molar-refractivity contribution < 1.29 is 9.90 Å². The first-order valence-corrected chi connectivity index (χ1v) is 4.12. The van der Waals surface area contributed by atoms with Crippen LogP contribution in [0, 0.1) is 0 Å². The molecular formula is C8H6O2S. The third-order valence-corrected chi connectivity index (χ3v) is 2.74. The van der Waals surface area contributed by atoms with Gasteiger partial charge in [-0.15, -0.1) is 11.3 Å². The molecule has 2 rings (SSSR count). The highest BCUT2D eigenvalue weighted by atomic mass is 32.1. The summed E-state index contributed by atoms with van der Waals surface area (Å²) in [5.41, 5.74) is 1.16. The van der Waals surface area contributed by atoms with E-state index in [0.717, 1.165) is 0 Å². The van der Waals surface area contributed by atoms with Gasteiger partial charge in [0.25, 0.3) is 0 Å². The second-order valence-corrected chi connectivity index (χ2v) is 3.38. The van der Waals surface area contributed by atoms with Gasteiger partial charge in [0.15, 0.2) is 0 Å². The minimum absolute atomic E-state index is 0.0347. The molecule has 0 unspecified atom stereocenters. The van der Waals surface area contributed by atoms with Crippen LogP contribution in [0.2, 0.25) is 0 Å². The Balaban J connectivity index is 2.73. The molecule has 3 heteroatoms. The predicted octanol–water partition coefficient (Wildman–Crippen LogP) is 2.23. The summed E-state index contributed by atoms with van der Waals surface area (Å²) in [5.74, 6) is 0.110. The van der Waals surface area contributed by atoms with Gasteiger partial charge >= 0.3 is 0 Å². The maximum atomic E-state index is 11.3. The van der Waals surface area contributed by atoms with E-state index in [9.17, 15) is 9.90 Å². The summed E-state index contributed by atoms with van der Waals surface area (Å²) >= 11 is 1.38. The minimum Gasteiger partial charge on any atom is -0.507 e. The van der Waals surface area contributed by atoms with E-state index in [0.29, 0.717) is 16.0 Å². The van der Waals surface area contributed by atoms with Crippen molar-refractivity contribution in [3.8, 4) is 0 Å². The van der Waals surface area contributed by atoms with Gasteiger partial charge in [0.2, 0.25) is 5.78 Å². The molecule has 1 aliphatic rings. The normalized spacial score (nSPS) is 15.9. The zero-order chi connectivity index (χ0) is 8.01. The Morgan fingerprint density at radius 1 is 1.55 bits per heavy atom. The molecule has 2 nitrogen and oxygen atoms in total. The summed E-state index contributed by atoms with van der Waals surface area (Å²) in [6.45, 7) is 1.64. The molecule has 0 aromatic carbocycles. The largest absolute Gasteiger partial charge is 0.507 e. The van der Waals surface area contributed by atoms with Gasteiger partial charge in [0, 0.05) is 11.1 Å². The van der Waals surface area contributed by atoms with Crippen LogP contribution in [0.1, 0.15) is 22.2 Å². The first-order chi connectivity index (χ1) is 5.22. The molecule has 0 amide bonds. The standard InChI is InChI=1S/C8H6O2S/c1-4-6(9)5-2-3-11-8(5)7(4)10/h2-3,9H,1H3. The fourth-order valence-corrected chi connectivity index (χ4v) is 2.04. The molecule has 0 fully saturated rings. The van der Waals surface area contributed by atoms with Crippen LogP contribution in [0.4, 0.5) is 0 Å². The predicted molar refractivity (Wildman–Crippen MR) is 43.9 cm³/mol. The van der Waals surface area contributed by atoms with Crippen molar-refractivity contribution in [1.82, 2.24) is 0 Å². The Morgan fingerprint density at radius 2 is 2.27 bits per heavy atom. The van der Waals surface area contributed by atoms with Crippen LogP contribution in [0.3, 0.4) is 0 Å². The highest BCUT2D eigenvalue weighted by molar-refractivity contribution is 7.12. The number of carbonyl (C=O) groups excluding carboxylic acids is 1. The fraction of sp³-hybridized carbons (Fsp3) is 0.125. The quantitative estimate of drug-likeness (QED) is 0.641. The van der Waals surface area contributed by atoms with Crippen LogP contribution >= 0.6 is 11.3 Å². The molecule has 0 radical (unpaired) electrons. The van der Waals surface area contributed by atoms with Gasteiger partial charge in [0.1, 0.15) is 5.76 Å². The van der Waals surface area contributed by atoms with Crippen molar-refractivity contribution in [3.63, 3.8) is 0 Å². The summed E-state index contributed by atoms with van der Waals surface area (Å²) < 4.78 is 0. The number of ketones is 1. The Morgan fingerprint density at radius 3 is 2.91 bits per heavy atom. The number of allylic oxidation sites excluding steroid dienone is 1. The van der Waals surface area contributed by atoms with Crippen molar-refractivity contribution in [3.05, 3.63) is 27.5 Å².